The second-order valence-corrected chi connectivity index (χ2v) is 5.18. The summed E-state index contributed by atoms with van der Waals surface area (Å²) in [7, 11) is 0. The molecule has 1 saturated heterocycles. The van der Waals surface area contributed by atoms with Crippen LogP contribution in [0.25, 0.3) is 0 Å². The Morgan fingerprint density at radius 2 is 2.11 bits per heavy atom. The van der Waals surface area contributed by atoms with E-state index in [9.17, 15) is 9.59 Å². The van der Waals surface area contributed by atoms with Crippen LogP contribution in [-0.4, -0.2) is 42.9 Å². The minimum Gasteiger partial charge on any atom is -0.481 e. The summed E-state index contributed by atoms with van der Waals surface area (Å²) < 4.78 is 5.26. The topological polar surface area (TPSA) is 87.7 Å². The lowest BCUT2D eigenvalue weighted by molar-refractivity contribution is -0.153. The van der Waals surface area contributed by atoms with E-state index >= 15 is 0 Å². The third-order valence-electron chi connectivity index (χ3n) is 3.85. The van der Waals surface area contributed by atoms with Gasteiger partial charge in [-0.05, 0) is 25.7 Å². The van der Waals surface area contributed by atoms with E-state index in [1.807, 2.05) is 0 Å². The molecule has 0 bridgehead atoms. The summed E-state index contributed by atoms with van der Waals surface area (Å²) in [5, 5.41) is 14.6. The van der Waals surface area contributed by atoms with Gasteiger partial charge in [0.15, 0.2) is 0 Å². The number of carbonyl (C=O) groups excluding carboxylic acids is 1. The maximum Gasteiger partial charge on any atom is 0.315 e. The molecule has 2 aliphatic rings. The monoisotopic (exact) mass is 256 g/mol. The number of hydrogen-bond acceptors (Lipinski definition) is 3. The van der Waals surface area contributed by atoms with E-state index in [1.165, 1.54) is 0 Å². The Morgan fingerprint density at radius 1 is 1.33 bits per heavy atom. The highest BCUT2D eigenvalue weighted by Crippen LogP contribution is 2.40. The van der Waals surface area contributed by atoms with Gasteiger partial charge in [0.25, 0.3) is 0 Å². The fraction of sp³-hybridized carbons (Fsp3) is 0.833. The van der Waals surface area contributed by atoms with E-state index in [2.05, 4.69) is 10.6 Å². The lowest BCUT2D eigenvalue weighted by Gasteiger charge is -2.37. The van der Waals surface area contributed by atoms with Crippen molar-refractivity contribution in [2.75, 3.05) is 19.8 Å². The molecule has 0 radical (unpaired) electrons. The van der Waals surface area contributed by atoms with Gasteiger partial charge < -0.3 is 20.5 Å². The summed E-state index contributed by atoms with van der Waals surface area (Å²) >= 11 is 0. The zero-order chi connectivity index (χ0) is 13.0. The smallest absolute Gasteiger partial charge is 0.315 e. The van der Waals surface area contributed by atoms with Gasteiger partial charge in [-0.25, -0.2) is 4.79 Å². The average molecular weight is 256 g/mol. The van der Waals surface area contributed by atoms with Crippen LogP contribution < -0.4 is 10.6 Å². The number of amides is 2. The number of rotatable bonds is 4. The lowest BCUT2D eigenvalue weighted by atomic mass is 9.69. The standard InChI is InChI=1S/C12H20N2O4/c15-10(16)12(4-2-5-12)8-13-11(17)14-9-3-1-6-18-7-9/h9H,1-8H2,(H,15,16)(H2,13,14,17). The highest BCUT2D eigenvalue weighted by molar-refractivity contribution is 5.79. The lowest BCUT2D eigenvalue weighted by Crippen LogP contribution is -2.52. The van der Waals surface area contributed by atoms with E-state index in [4.69, 9.17) is 9.84 Å². The van der Waals surface area contributed by atoms with E-state index in [-0.39, 0.29) is 18.6 Å². The first-order valence-electron chi connectivity index (χ1n) is 6.48. The Balaban J connectivity index is 1.72. The van der Waals surface area contributed by atoms with Crippen LogP contribution in [0.15, 0.2) is 0 Å². The molecule has 1 heterocycles. The zero-order valence-electron chi connectivity index (χ0n) is 10.4. The molecule has 2 rings (SSSR count). The molecule has 18 heavy (non-hydrogen) atoms. The highest BCUT2D eigenvalue weighted by atomic mass is 16.5. The van der Waals surface area contributed by atoms with Gasteiger partial charge in [-0.2, -0.15) is 0 Å². The molecule has 6 nitrogen and oxygen atoms in total. The van der Waals surface area contributed by atoms with Crippen LogP contribution in [0.3, 0.4) is 0 Å². The predicted octanol–water partition coefficient (Wildman–Crippen LogP) is 0.719. The molecule has 0 aromatic carbocycles. The molecule has 1 aliphatic heterocycles. The molecule has 0 aromatic heterocycles. The predicted molar refractivity (Wildman–Crippen MR) is 64.3 cm³/mol. The zero-order valence-corrected chi connectivity index (χ0v) is 10.4. The summed E-state index contributed by atoms with van der Waals surface area (Å²) in [4.78, 5) is 22.8. The molecule has 102 valence electrons. The molecular weight excluding hydrogens is 236 g/mol. The van der Waals surface area contributed by atoms with Crippen molar-refractivity contribution >= 4 is 12.0 Å². The van der Waals surface area contributed by atoms with E-state index in [0.717, 1.165) is 25.9 Å². The Labute approximate surface area is 106 Å². The van der Waals surface area contributed by atoms with Gasteiger partial charge in [0.05, 0.1) is 18.1 Å². The molecule has 2 fully saturated rings. The van der Waals surface area contributed by atoms with Crippen LogP contribution >= 0.6 is 0 Å². The van der Waals surface area contributed by atoms with Crippen molar-refractivity contribution < 1.29 is 19.4 Å². The largest absolute Gasteiger partial charge is 0.481 e. The van der Waals surface area contributed by atoms with Gasteiger partial charge >= 0.3 is 12.0 Å². The third-order valence-corrected chi connectivity index (χ3v) is 3.85. The number of carbonyl (C=O) groups is 2. The number of nitrogens with one attached hydrogen (secondary N) is 2. The van der Waals surface area contributed by atoms with Crippen molar-refractivity contribution in [2.45, 2.75) is 38.1 Å². The van der Waals surface area contributed by atoms with Crippen LogP contribution in [0.5, 0.6) is 0 Å². The Bertz CT molecular complexity index is 322. The van der Waals surface area contributed by atoms with Crippen molar-refractivity contribution in [3.63, 3.8) is 0 Å². The van der Waals surface area contributed by atoms with Crippen LogP contribution in [-0.2, 0) is 9.53 Å². The molecule has 1 atom stereocenters. The first kappa shape index (κ1) is 13.1. The van der Waals surface area contributed by atoms with Crippen LogP contribution in [0.4, 0.5) is 4.79 Å². The van der Waals surface area contributed by atoms with Gasteiger partial charge in [-0.15, -0.1) is 0 Å². The van der Waals surface area contributed by atoms with Gasteiger partial charge in [0.1, 0.15) is 0 Å². The molecule has 6 heteroatoms. The Morgan fingerprint density at radius 3 is 2.61 bits per heavy atom. The van der Waals surface area contributed by atoms with Crippen molar-refractivity contribution in [1.29, 1.82) is 0 Å². The maximum absolute atomic E-state index is 11.6. The Kier molecular flexibility index (Phi) is 4.06. The fourth-order valence-electron chi connectivity index (χ4n) is 2.41. The summed E-state index contributed by atoms with van der Waals surface area (Å²) in [5.41, 5.74) is -0.736. The average Bonchev–Trinajstić information content (AvgIpc) is 2.28. The third kappa shape index (κ3) is 2.93. The van der Waals surface area contributed by atoms with Crippen LogP contribution in [0.1, 0.15) is 32.1 Å². The molecule has 1 unspecified atom stereocenters. The molecular formula is C12H20N2O4. The molecule has 2 amide bonds. The number of aliphatic carboxylic acids is 1. The summed E-state index contributed by atoms with van der Waals surface area (Å²) in [6.45, 7) is 1.50. The molecule has 1 aliphatic carbocycles. The SMILES string of the molecule is O=C(NCC1(C(=O)O)CCC1)NC1CCCOC1. The number of ether oxygens (including phenoxy) is 1. The molecule has 0 aromatic rings. The van der Waals surface area contributed by atoms with Gasteiger partial charge in [-0.3, -0.25) is 4.79 Å². The van der Waals surface area contributed by atoms with Crippen molar-refractivity contribution in [3.05, 3.63) is 0 Å². The summed E-state index contributed by atoms with van der Waals surface area (Å²) in [5.74, 6) is -0.810. The number of carboxylic acids is 1. The second-order valence-electron chi connectivity index (χ2n) is 5.18. The number of urea groups is 1. The normalized spacial score (nSPS) is 25.9. The first-order valence-corrected chi connectivity index (χ1v) is 6.48. The maximum atomic E-state index is 11.6. The van der Waals surface area contributed by atoms with Crippen LogP contribution in [0, 0.1) is 5.41 Å². The minimum absolute atomic E-state index is 0.0425. The van der Waals surface area contributed by atoms with Gasteiger partial charge in [0, 0.05) is 13.2 Å². The van der Waals surface area contributed by atoms with Crippen LogP contribution in [0.2, 0.25) is 0 Å². The van der Waals surface area contributed by atoms with Gasteiger partial charge in [-0.1, -0.05) is 6.42 Å². The first-order chi connectivity index (χ1) is 8.62. The molecule has 3 N–H and O–H groups in total. The Hall–Kier alpha value is -1.30. The van der Waals surface area contributed by atoms with E-state index in [1.54, 1.807) is 0 Å². The molecule has 1 saturated carbocycles. The number of carboxylic acid groups (broad SMARTS) is 1. The van der Waals surface area contributed by atoms with E-state index in [0.29, 0.717) is 19.4 Å². The summed E-state index contributed by atoms with van der Waals surface area (Å²) in [6, 6.07) is -0.251. The quantitative estimate of drug-likeness (QED) is 0.691. The second kappa shape index (κ2) is 5.56. The van der Waals surface area contributed by atoms with E-state index < -0.39 is 11.4 Å². The number of hydrogen-bond donors (Lipinski definition) is 3. The minimum atomic E-state index is -0.810. The molecule has 0 spiro atoms. The van der Waals surface area contributed by atoms with Gasteiger partial charge in [0.2, 0.25) is 0 Å². The summed E-state index contributed by atoms with van der Waals surface area (Å²) in [6.07, 6.45) is 4.08. The highest BCUT2D eigenvalue weighted by Gasteiger charge is 2.44. The van der Waals surface area contributed by atoms with Crippen molar-refractivity contribution in [2.24, 2.45) is 5.41 Å². The fourth-order valence-corrected chi connectivity index (χ4v) is 2.41. The van der Waals surface area contributed by atoms with Crippen molar-refractivity contribution in [1.82, 2.24) is 10.6 Å². The van der Waals surface area contributed by atoms with Crippen molar-refractivity contribution in [3.8, 4) is 0 Å².